The Kier molecular flexibility index (Phi) is 4.89. The Balaban J connectivity index is 1.67. The maximum absolute atomic E-state index is 12.9. The van der Waals surface area contributed by atoms with Crippen molar-refractivity contribution in [2.75, 3.05) is 0 Å². The first-order valence-corrected chi connectivity index (χ1v) is 8.28. The number of carbonyl (C=O) groups excluding carboxylic acids is 1. The van der Waals surface area contributed by atoms with Gasteiger partial charge in [-0.3, -0.25) is 4.79 Å². The summed E-state index contributed by atoms with van der Waals surface area (Å²) in [4.78, 5) is 13.4. The third-order valence-electron chi connectivity index (χ3n) is 3.47. The van der Waals surface area contributed by atoms with Crippen molar-refractivity contribution < 1.29 is 9.18 Å². The van der Waals surface area contributed by atoms with Gasteiger partial charge in [0.2, 0.25) is 0 Å². The SMILES string of the molecule is O=C(c1ccc(F)cc1)c1ccc(SCc2ccccc2)cc1. The monoisotopic (exact) mass is 322 g/mol. The van der Waals surface area contributed by atoms with Gasteiger partial charge in [-0.25, -0.2) is 4.39 Å². The molecule has 1 nitrogen and oxygen atoms in total. The molecule has 0 fully saturated rings. The smallest absolute Gasteiger partial charge is 0.193 e. The maximum Gasteiger partial charge on any atom is 0.193 e. The lowest BCUT2D eigenvalue weighted by Gasteiger charge is -2.04. The van der Waals surface area contributed by atoms with Crippen molar-refractivity contribution in [1.82, 2.24) is 0 Å². The number of benzene rings is 3. The lowest BCUT2D eigenvalue weighted by molar-refractivity contribution is 0.103. The third kappa shape index (κ3) is 4.08. The number of rotatable bonds is 5. The summed E-state index contributed by atoms with van der Waals surface area (Å²) in [6.07, 6.45) is 0. The molecule has 0 heterocycles. The van der Waals surface area contributed by atoms with E-state index < -0.39 is 0 Å². The van der Waals surface area contributed by atoms with Gasteiger partial charge in [0, 0.05) is 21.8 Å². The summed E-state index contributed by atoms with van der Waals surface area (Å²) < 4.78 is 12.9. The molecule has 3 aromatic carbocycles. The molecule has 0 aliphatic heterocycles. The molecule has 0 aliphatic rings. The minimum atomic E-state index is -0.339. The van der Waals surface area contributed by atoms with E-state index in [0.717, 1.165) is 10.6 Å². The molecule has 114 valence electrons. The van der Waals surface area contributed by atoms with Crippen LogP contribution < -0.4 is 0 Å². The van der Waals surface area contributed by atoms with Crippen LogP contribution in [0.3, 0.4) is 0 Å². The highest BCUT2D eigenvalue weighted by Crippen LogP contribution is 2.23. The number of carbonyl (C=O) groups is 1. The molecule has 3 heteroatoms. The molecule has 0 N–H and O–H groups in total. The highest BCUT2D eigenvalue weighted by atomic mass is 32.2. The molecule has 0 unspecified atom stereocenters. The second kappa shape index (κ2) is 7.25. The minimum Gasteiger partial charge on any atom is -0.289 e. The highest BCUT2D eigenvalue weighted by molar-refractivity contribution is 7.98. The average Bonchev–Trinajstić information content (AvgIpc) is 2.61. The lowest BCUT2D eigenvalue weighted by atomic mass is 10.0. The summed E-state index contributed by atoms with van der Waals surface area (Å²) in [6, 6.07) is 23.4. The molecule has 0 saturated carbocycles. The molecule has 23 heavy (non-hydrogen) atoms. The Morgan fingerprint density at radius 3 is 1.96 bits per heavy atom. The highest BCUT2D eigenvalue weighted by Gasteiger charge is 2.09. The van der Waals surface area contributed by atoms with Gasteiger partial charge >= 0.3 is 0 Å². The van der Waals surface area contributed by atoms with Crippen LogP contribution in [0, 0.1) is 5.82 Å². The zero-order valence-electron chi connectivity index (χ0n) is 12.4. The van der Waals surface area contributed by atoms with E-state index in [1.54, 1.807) is 11.8 Å². The minimum absolute atomic E-state index is 0.0930. The van der Waals surface area contributed by atoms with Crippen molar-refractivity contribution in [1.29, 1.82) is 0 Å². The molecular weight excluding hydrogens is 307 g/mol. The molecule has 0 aromatic heterocycles. The molecule has 0 bridgehead atoms. The molecule has 3 aromatic rings. The van der Waals surface area contributed by atoms with Crippen molar-refractivity contribution in [2.24, 2.45) is 0 Å². The van der Waals surface area contributed by atoms with E-state index in [1.165, 1.54) is 29.8 Å². The number of hydrogen-bond donors (Lipinski definition) is 0. The van der Waals surface area contributed by atoms with E-state index >= 15 is 0 Å². The van der Waals surface area contributed by atoms with Crippen LogP contribution >= 0.6 is 11.8 Å². The largest absolute Gasteiger partial charge is 0.289 e. The Bertz CT molecular complexity index is 780. The molecule has 3 rings (SSSR count). The number of hydrogen-bond acceptors (Lipinski definition) is 2. The van der Waals surface area contributed by atoms with Gasteiger partial charge in [-0.2, -0.15) is 0 Å². The van der Waals surface area contributed by atoms with Gasteiger partial charge in [0.15, 0.2) is 5.78 Å². The van der Waals surface area contributed by atoms with E-state index in [-0.39, 0.29) is 11.6 Å². The molecule has 0 saturated heterocycles. The molecule has 0 spiro atoms. The standard InChI is InChI=1S/C20H15FOS/c21-18-10-6-16(7-11-18)20(22)17-8-12-19(13-9-17)23-14-15-4-2-1-3-5-15/h1-13H,14H2. The van der Waals surface area contributed by atoms with Crippen molar-refractivity contribution in [3.05, 3.63) is 101 Å². The fourth-order valence-corrected chi connectivity index (χ4v) is 3.07. The Morgan fingerprint density at radius 2 is 1.35 bits per heavy atom. The first-order chi connectivity index (χ1) is 11.2. The molecular formula is C20H15FOS. The van der Waals surface area contributed by atoms with Crippen LogP contribution in [-0.2, 0) is 5.75 Å². The predicted molar refractivity (Wildman–Crippen MR) is 92.3 cm³/mol. The van der Waals surface area contributed by atoms with Gasteiger partial charge < -0.3 is 0 Å². The second-order valence-electron chi connectivity index (χ2n) is 5.13. The molecule has 0 atom stereocenters. The van der Waals surface area contributed by atoms with E-state index in [4.69, 9.17) is 0 Å². The van der Waals surface area contributed by atoms with Crippen LogP contribution in [0.15, 0.2) is 83.8 Å². The van der Waals surface area contributed by atoms with Crippen molar-refractivity contribution in [3.63, 3.8) is 0 Å². The van der Waals surface area contributed by atoms with Gasteiger partial charge in [-0.15, -0.1) is 11.8 Å². The molecule has 0 aliphatic carbocycles. The number of ketones is 1. The zero-order valence-corrected chi connectivity index (χ0v) is 13.2. The summed E-state index contributed by atoms with van der Waals surface area (Å²) in [5.74, 6) is 0.463. The fourth-order valence-electron chi connectivity index (χ4n) is 2.21. The van der Waals surface area contributed by atoms with Crippen LogP contribution in [0.2, 0.25) is 0 Å². The average molecular weight is 322 g/mol. The quantitative estimate of drug-likeness (QED) is 0.465. The van der Waals surface area contributed by atoms with Crippen molar-refractivity contribution in [2.45, 2.75) is 10.6 Å². The Morgan fingerprint density at radius 1 is 0.783 bits per heavy atom. The summed E-state index contributed by atoms with van der Waals surface area (Å²) in [5, 5.41) is 0. The summed E-state index contributed by atoms with van der Waals surface area (Å²) in [7, 11) is 0. The van der Waals surface area contributed by atoms with Gasteiger partial charge in [-0.1, -0.05) is 30.3 Å². The van der Waals surface area contributed by atoms with Gasteiger partial charge in [0.25, 0.3) is 0 Å². The van der Waals surface area contributed by atoms with Gasteiger partial charge in [0.1, 0.15) is 5.82 Å². The van der Waals surface area contributed by atoms with E-state index in [0.29, 0.717) is 11.1 Å². The molecule has 0 amide bonds. The first-order valence-electron chi connectivity index (χ1n) is 7.29. The van der Waals surface area contributed by atoms with E-state index in [2.05, 4.69) is 12.1 Å². The van der Waals surface area contributed by atoms with Crippen molar-refractivity contribution in [3.8, 4) is 0 Å². The summed E-state index contributed by atoms with van der Waals surface area (Å²) >= 11 is 1.73. The second-order valence-corrected chi connectivity index (χ2v) is 6.18. The van der Waals surface area contributed by atoms with Crippen LogP contribution in [0.1, 0.15) is 21.5 Å². The fraction of sp³-hybridized carbons (Fsp3) is 0.0500. The topological polar surface area (TPSA) is 17.1 Å². The zero-order chi connectivity index (χ0) is 16.1. The maximum atomic E-state index is 12.9. The van der Waals surface area contributed by atoms with Crippen LogP contribution in [0.25, 0.3) is 0 Å². The van der Waals surface area contributed by atoms with E-state index in [9.17, 15) is 9.18 Å². The Labute approximate surface area is 139 Å². The summed E-state index contributed by atoms with van der Waals surface area (Å²) in [6.45, 7) is 0. The summed E-state index contributed by atoms with van der Waals surface area (Å²) in [5.41, 5.74) is 2.38. The molecule has 0 radical (unpaired) electrons. The van der Waals surface area contributed by atoms with Gasteiger partial charge in [-0.05, 0) is 54.1 Å². The number of halogens is 1. The van der Waals surface area contributed by atoms with Crippen molar-refractivity contribution >= 4 is 17.5 Å². The van der Waals surface area contributed by atoms with Crippen LogP contribution in [-0.4, -0.2) is 5.78 Å². The first kappa shape index (κ1) is 15.5. The lowest BCUT2D eigenvalue weighted by Crippen LogP contribution is -2.00. The van der Waals surface area contributed by atoms with Crippen LogP contribution in [0.5, 0.6) is 0 Å². The van der Waals surface area contributed by atoms with E-state index in [1.807, 2.05) is 42.5 Å². The predicted octanol–water partition coefficient (Wildman–Crippen LogP) is 5.35. The van der Waals surface area contributed by atoms with Gasteiger partial charge in [0.05, 0.1) is 0 Å². The Hall–Kier alpha value is -2.39. The van der Waals surface area contributed by atoms with Crippen LogP contribution in [0.4, 0.5) is 4.39 Å². The normalized spacial score (nSPS) is 10.5. The third-order valence-corrected chi connectivity index (χ3v) is 4.55. The number of thioether (sulfide) groups is 1.